The Balaban J connectivity index is 1.66. The van der Waals surface area contributed by atoms with Crippen molar-refractivity contribution in [1.82, 2.24) is 14.8 Å². The molecule has 0 aliphatic rings. The molecule has 0 saturated heterocycles. The van der Waals surface area contributed by atoms with E-state index in [1.807, 2.05) is 48.7 Å². The topological polar surface area (TPSA) is 59.8 Å². The van der Waals surface area contributed by atoms with Crippen LogP contribution < -0.4 is 5.32 Å². The van der Waals surface area contributed by atoms with Gasteiger partial charge in [0.25, 0.3) is 0 Å². The predicted molar refractivity (Wildman–Crippen MR) is 115 cm³/mol. The number of nitrogens with zero attached hydrogens (tertiary/aromatic N) is 3. The molecule has 0 bridgehead atoms. The summed E-state index contributed by atoms with van der Waals surface area (Å²) >= 11 is 1.38. The fraction of sp³-hybridized carbons (Fsp3) is 0.318. The average Bonchev–Trinajstić information content (AvgIpc) is 3.00. The molecule has 1 aromatic heterocycles. The third-order valence-electron chi connectivity index (χ3n) is 4.42. The van der Waals surface area contributed by atoms with Crippen LogP contribution in [0.4, 0.5) is 5.69 Å². The molecule has 2 aromatic carbocycles. The van der Waals surface area contributed by atoms with Gasteiger partial charge in [0.15, 0.2) is 5.16 Å². The third kappa shape index (κ3) is 4.81. The highest BCUT2D eigenvalue weighted by atomic mass is 32.2. The molecule has 3 aromatic rings. The molecule has 6 heteroatoms. The molecular weight excluding hydrogens is 368 g/mol. The highest BCUT2D eigenvalue weighted by molar-refractivity contribution is 7.99. The molecule has 0 radical (unpaired) electrons. The van der Waals surface area contributed by atoms with Gasteiger partial charge in [-0.1, -0.05) is 56.8 Å². The lowest BCUT2D eigenvalue weighted by molar-refractivity contribution is -0.113. The summed E-state index contributed by atoms with van der Waals surface area (Å²) in [6, 6.07) is 16.2. The molecule has 0 aliphatic heterocycles. The lowest BCUT2D eigenvalue weighted by Crippen LogP contribution is -2.15. The van der Waals surface area contributed by atoms with Crippen molar-refractivity contribution in [2.24, 2.45) is 0 Å². The molecule has 1 heterocycles. The molecule has 0 atom stereocenters. The first-order valence-electron chi connectivity index (χ1n) is 9.26. The molecule has 146 valence electrons. The van der Waals surface area contributed by atoms with Crippen molar-refractivity contribution in [1.29, 1.82) is 0 Å². The Morgan fingerprint density at radius 1 is 1.07 bits per heavy atom. The highest BCUT2D eigenvalue weighted by Crippen LogP contribution is 2.25. The summed E-state index contributed by atoms with van der Waals surface area (Å²) in [6.45, 7) is 10.5. The molecule has 1 N–H and O–H groups in total. The summed E-state index contributed by atoms with van der Waals surface area (Å²) < 4.78 is 1.98. The zero-order chi connectivity index (χ0) is 20.3. The summed E-state index contributed by atoms with van der Waals surface area (Å²) in [7, 11) is 0. The number of aromatic nitrogens is 3. The van der Waals surface area contributed by atoms with Gasteiger partial charge in [0.05, 0.1) is 5.75 Å². The van der Waals surface area contributed by atoms with Gasteiger partial charge in [-0.2, -0.15) is 0 Å². The second kappa shape index (κ2) is 8.19. The Hall–Kier alpha value is -2.60. The number of hydrogen-bond donors (Lipinski definition) is 1. The number of carbonyl (C=O) groups excluding carboxylic acids is 1. The van der Waals surface area contributed by atoms with Crippen LogP contribution in [0, 0.1) is 13.8 Å². The van der Waals surface area contributed by atoms with Crippen LogP contribution in [0.25, 0.3) is 5.69 Å². The van der Waals surface area contributed by atoms with Crippen molar-refractivity contribution in [3.05, 3.63) is 65.5 Å². The van der Waals surface area contributed by atoms with Crippen LogP contribution in [0.2, 0.25) is 0 Å². The zero-order valence-electron chi connectivity index (χ0n) is 17.0. The minimum Gasteiger partial charge on any atom is -0.325 e. The van der Waals surface area contributed by atoms with E-state index in [0.29, 0.717) is 5.16 Å². The number of thioether (sulfide) groups is 1. The molecule has 0 unspecified atom stereocenters. The van der Waals surface area contributed by atoms with E-state index in [-0.39, 0.29) is 17.1 Å². The first-order chi connectivity index (χ1) is 13.2. The van der Waals surface area contributed by atoms with E-state index in [1.165, 1.54) is 17.3 Å². The van der Waals surface area contributed by atoms with Gasteiger partial charge in [0.1, 0.15) is 5.82 Å². The monoisotopic (exact) mass is 394 g/mol. The van der Waals surface area contributed by atoms with Gasteiger partial charge in [-0.15, -0.1) is 10.2 Å². The Morgan fingerprint density at radius 3 is 2.43 bits per heavy atom. The van der Waals surface area contributed by atoms with E-state index in [4.69, 9.17) is 0 Å². The Morgan fingerprint density at radius 2 is 1.79 bits per heavy atom. The summed E-state index contributed by atoms with van der Waals surface area (Å²) in [5.74, 6) is 1.00. The summed E-state index contributed by atoms with van der Waals surface area (Å²) in [6.07, 6.45) is 0. The molecule has 0 fully saturated rings. The standard InChI is InChI=1S/C22H26N4OS/c1-15-7-6-8-19(13-15)26-16(2)24-25-21(26)28-14-20(27)23-18-11-9-17(10-12-18)22(3,4)5/h6-13H,14H2,1-5H3,(H,23,27). The van der Waals surface area contributed by atoms with Crippen molar-refractivity contribution in [3.8, 4) is 5.69 Å². The molecule has 0 saturated carbocycles. The second-order valence-electron chi connectivity index (χ2n) is 7.87. The van der Waals surface area contributed by atoms with Crippen LogP contribution in [-0.2, 0) is 10.2 Å². The maximum atomic E-state index is 12.4. The second-order valence-corrected chi connectivity index (χ2v) is 8.81. The van der Waals surface area contributed by atoms with Crippen LogP contribution >= 0.6 is 11.8 Å². The van der Waals surface area contributed by atoms with Gasteiger partial charge >= 0.3 is 0 Å². The first-order valence-corrected chi connectivity index (χ1v) is 10.2. The number of carbonyl (C=O) groups is 1. The highest BCUT2D eigenvalue weighted by Gasteiger charge is 2.15. The average molecular weight is 395 g/mol. The summed E-state index contributed by atoms with van der Waals surface area (Å²) in [4.78, 5) is 12.4. The number of nitrogens with one attached hydrogen (secondary N) is 1. The zero-order valence-corrected chi connectivity index (χ0v) is 17.8. The third-order valence-corrected chi connectivity index (χ3v) is 5.35. The number of anilines is 1. The van der Waals surface area contributed by atoms with Crippen LogP contribution in [-0.4, -0.2) is 26.4 Å². The normalized spacial score (nSPS) is 11.5. The van der Waals surface area contributed by atoms with Crippen molar-refractivity contribution in [2.45, 2.75) is 45.2 Å². The fourth-order valence-electron chi connectivity index (χ4n) is 2.88. The van der Waals surface area contributed by atoms with E-state index in [0.717, 1.165) is 22.8 Å². The van der Waals surface area contributed by atoms with E-state index >= 15 is 0 Å². The van der Waals surface area contributed by atoms with Gasteiger partial charge in [-0.3, -0.25) is 9.36 Å². The van der Waals surface area contributed by atoms with Gasteiger partial charge < -0.3 is 5.32 Å². The van der Waals surface area contributed by atoms with E-state index in [1.54, 1.807) is 0 Å². The summed E-state index contributed by atoms with van der Waals surface area (Å²) in [5, 5.41) is 12.1. The van der Waals surface area contributed by atoms with Crippen molar-refractivity contribution >= 4 is 23.4 Å². The SMILES string of the molecule is Cc1cccc(-n2c(C)nnc2SCC(=O)Nc2ccc(C(C)(C)C)cc2)c1. The quantitative estimate of drug-likeness (QED) is 0.625. The molecule has 3 rings (SSSR count). The smallest absolute Gasteiger partial charge is 0.234 e. The van der Waals surface area contributed by atoms with Crippen LogP contribution in [0.15, 0.2) is 53.7 Å². The van der Waals surface area contributed by atoms with Crippen LogP contribution in [0.3, 0.4) is 0 Å². The van der Waals surface area contributed by atoms with Gasteiger partial charge in [0, 0.05) is 11.4 Å². The van der Waals surface area contributed by atoms with Crippen molar-refractivity contribution in [3.63, 3.8) is 0 Å². The molecule has 5 nitrogen and oxygen atoms in total. The first kappa shape index (κ1) is 20.1. The fourth-order valence-corrected chi connectivity index (χ4v) is 3.68. The molecule has 28 heavy (non-hydrogen) atoms. The molecule has 1 amide bonds. The molecule has 0 aliphatic carbocycles. The van der Waals surface area contributed by atoms with Gasteiger partial charge in [0.2, 0.25) is 5.91 Å². The molecular formula is C22H26N4OS. The number of hydrogen-bond acceptors (Lipinski definition) is 4. The minimum absolute atomic E-state index is 0.0649. The van der Waals surface area contributed by atoms with Crippen LogP contribution in [0.1, 0.15) is 37.7 Å². The number of benzene rings is 2. The van der Waals surface area contributed by atoms with E-state index < -0.39 is 0 Å². The largest absolute Gasteiger partial charge is 0.325 e. The lowest BCUT2D eigenvalue weighted by atomic mass is 9.87. The maximum Gasteiger partial charge on any atom is 0.234 e. The van der Waals surface area contributed by atoms with Crippen molar-refractivity contribution in [2.75, 3.05) is 11.1 Å². The predicted octanol–water partition coefficient (Wildman–Crippen LogP) is 4.91. The number of rotatable bonds is 5. The Kier molecular flexibility index (Phi) is 5.89. The number of amides is 1. The maximum absolute atomic E-state index is 12.4. The van der Waals surface area contributed by atoms with Crippen LogP contribution in [0.5, 0.6) is 0 Å². The van der Waals surface area contributed by atoms with Gasteiger partial charge in [-0.25, -0.2) is 0 Å². The minimum atomic E-state index is -0.0649. The summed E-state index contributed by atoms with van der Waals surface area (Å²) in [5.41, 5.74) is 4.30. The molecule has 0 spiro atoms. The van der Waals surface area contributed by atoms with Crippen molar-refractivity contribution < 1.29 is 4.79 Å². The van der Waals surface area contributed by atoms with E-state index in [9.17, 15) is 4.79 Å². The lowest BCUT2D eigenvalue weighted by Gasteiger charge is -2.19. The number of aryl methyl sites for hydroxylation is 2. The Bertz CT molecular complexity index is 971. The van der Waals surface area contributed by atoms with E-state index in [2.05, 4.69) is 54.5 Å². The Labute approximate surface area is 170 Å². The van der Waals surface area contributed by atoms with Gasteiger partial charge in [-0.05, 0) is 54.7 Å².